The van der Waals surface area contributed by atoms with Crippen molar-refractivity contribution in [1.82, 2.24) is 10.3 Å². The molecule has 0 atom stereocenters. The number of carbonyl (C=O) groups is 1. The van der Waals surface area contributed by atoms with Gasteiger partial charge in [-0.3, -0.25) is 4.79 Å². The standard InChI is InChI=1S/C16H15N3OS/c1-11-9-21-15(18-11)13-5-2-4-12(8-13)14(20)19-16(10-17)6-3-7-16/h2,4-5,8-9H,3,6-7H2,1H3,(H,19,20). The Morgan fingerprint density at radius 3 is 2.86 bits per heavy atom. The number of hydrogen-bond donors (Lipinski definition) is 1. The van der Waals surface area contributed by atoms with Gasteiger partial charge in [-0.2, -0.15) is 5.26 Å². The Bertz CT molecular complexity index is 725. The molecular formula is C16H15N3OS. The van der Waals surface area contributed by atoms with Gasteiger partial charge < -0.3 is 5.32 Å². The van der Waals surface area contributed by atoms with Crippen molar-refractivity contribution in [3.63, 3.8) is 0 Å². The molecule has 106 valence electrons. The first-order valence-corrected chi connectivity index (χ1v) is 7.76. The molecule has 5 heteroatoms. The SMILES string of the molecule is Cc1csc(-c2cccc(C(=O)NC3(C#N)CCC3)c2)n1. The summed E-state index contributed by atoms with van der Waals surface area (Å²) in [5.74, 6) is -0.189. The lowest BCUT2D eigenvalue weighted by Crippen LogP contribution is -2.52. The normalized spacial score (nSPS) is 15.8. The lowest BCUT2D eigenvalue weighted by atomic mass is 9.78. The van der Waals surface area contributed by atoms with E-state index in [0.717, 1.165) is 35.5 Å². The quantitative estimate of drug-likeness (QED) is 0.945. The third kappa shape index (κ3) is 2.67. The fraction of sp³-hybridized carbons (Fsp3) is 0.312. The number of hydrogen-bond acceptors (Lipinski definition) is 4. The smallest absolute Gasteiger partial charge is 0.252 e. The second-order valence-corrected chi connectivity index (χ2v) is 6.23. The number of thiazole rings is 1. The second kappa shape index (κ2) is 5.30. The highest BCUT2D eigenvalue weighted by molar-refractivity contribution is 7.13. The summed E-state index contributed by atoms with van der Waals surface area (Å²) in [5.41, 5.74) is 1.82. The minimum absolute atomic E-state index is 0.189. The van der Waals surface area contributed by atoms with Crippen LogP contribution in [0, 0.1) is 18.3 Å². The number of nitriles is 1. The summed E-state index contributed by atoms with van der Waals surface area (Å²) in [6.45, 7) is 1.95. The van der Waals surface area contributed by atoms with Gasteiger partial charge in [0.2, 0.25) is 0 Å². The molecule has 3 rings (SSSR count). The maximum atomic E-state index is 12.3. The Balaban J connectivity index is 1.83. The fourth-order valence-electron chi connectivity index (χ4n) is 2.36. The maximum Gasteiger partial charge on any atom is 0.252 e. The van der Waals surface area contributed by atoms with E-state index in [2.05, 4.69) is 16.4 Å². The highest BCUT2D eigenvalue weighted by atomic mass is 32.1. The van der Waals surface area contributed by atoms with Gasteiger partial charge in [0.05, 0.1) is 6.07 Å². The van der Waals surface area contributed by atoms with Crippen molar-refractivity contribution in [1.29, 1.82) is 5.26 Å². The Hall–Kier alpha value is -2.19. The molecule has 1 fully saturated rings. The molecule has 1 aromatic carbocycles. The van der Waals surface area contributed by atoms with Crippen LogP contribution in [0.3, 0.4) is 0 Å². The topological polar surface area (TPSA) is 65.8 Å². The molecule has 0 aliphatic heterocycles. The first-order valence-electron chi connectivity index (χ1n) is 6.88. The summed E-state index contributed by atoms with van der Waals surface area (Å²) in [5, 5.41) is 14.9. The van der Waals surface area contributed by atoms with E-state index >= 15 is 0 Å². The van der Waals surface area contributed by atoms with Gasteiger partial charge in [-0.05, 0) is 38.3 Å². The first-order chi connectivity index (χ1) is 10.1. The minimum atomic E-state index is -0.662. The monoisotopic (exact) mass is 297 g/mol. The third-order valence-electron chi connectivity index (χ3n) is 3.76. The number of aromatic nitrogens is 1. The molecular weight excluding hydrogens is 282 g/mol. The van der Waals surface area contributed by atoms with Crippen molar-refractivity contribution >= 4 is 17.2 Å². The zero-order valence-corrected chi connectivity index (χ0v) is 12.5. The van der Waals surface area contributed by atoms with Crippen LogP contribution in [-0.2, 0) is 0 Å². The van der Waals surface area contributed by atoms with Crippen LogP contribution < -0.4 is 5.32 Å². The van der Waals surface area contributed by atoms with Crippen LogP contribution in [-0.4, -0.2) is 16.4 Å². The molecule has 2 aromatic rings. The molecule has 1 aliphatic carbocycles. The minimum Gasteiger partial charge on any atom is -0.334 e. The summed E-state index contributed by atoms with van der Waals surface area (Å²) in [7, 11) is 0. The molecule has 0 radical (unpaired) electrons. The van der Waals surface area contributed by atoms with E-state index in [1.807, 2.05) is 30.5 Å². The zero-order valence-electron chi connectivity index (χ0n) is 11.7. The van der Waals surface area contributed by atoms with E-state index in [0.29, 0.717) is 5.56 Å². The Labute approximate surface area is 127 Å². The number of carbonyl (C=O) groups excluding carboxylic acids is 1. The fourth-order valence-corrected chi connectivity index (χ4v) is 3.16. The van der Waals surface area contributed by atoms with Gasteiger partial charge in [-0.15, -0.1) is 11.3 Å². The lowest BCUT2D eigenvalue weighted by Gasteiger charge is -2.35. The van der Waals surface area contributed by atoms with Crippen molar-refractivity contribution < 1.29 is 4.79 Å². The Morgan fingerprint density at radius 1 is 1.48 bits per heavy atom. The van der Waals surface area contributed by atoms with Gasteiger partial charge in [0.1, 0.15) is 10.5 Å². The van der Waals surface area contributed by atoms with Crippen molar-refractivity contribution in [2.24, 2.45) is 0 Å². The van der Waals surface area contributed by atoms with Crippen LogP contribution >= 0.6 is 11.3 Å². The number of aryl methyl sites for hydroxylation is 1. The average Bonchev–Trinajstić information content (AvgIpc) is 2.89. The zero-order chi connectivity index (χ0) is 14.9. The molecule has 1 amide bonds. The Kier molecular flexibility index (Phi) is 3.48. The van der Waals surface area contributed by atoms with Gasteiger partial charge in [-0.25, -0.2) is 4.98 Å². The molecule has 1 saturated carbocycles. The van der Waals surface area contributed by atoms with Crippen LogP contribution in [0.15, 0.2) is 29.6 Å². The maximum absolute atomic E-state index is 12.3. The summed E-state index contributed by atoms with van der Waals surface area (Å²) >= 11 is 1.56. The second-order valence-electron chi connectivity index (χ2n) is 5.38. The van der Waals surface area contributed by atoms with Gasteiger partial charge in [0, 0.05) is 22.2 Å². The predicted molar refractivity (Wildman–Crippen MR) is 81.9 cm³/mol. The van der Waals surface area contributed by atoms with E-state index < -0.39 is 5.54 Å². The van der Waals surface area contributed by atoms with Gasteiger partial charge in [0.15, 0.2) is 0 Å². The molecule has 1 N–H and O–H groups in total. The number of nitrogens with one attached hydrogen (secondary N) is 1. The molecule has 0 saturated heterocycles. The number of amides is 1. The summed E-state index contributed by atoms with van der Waals surface area (Å²) in [6.07, 6.45) is 2.47. The van der Waals surface area contributed by atoms with Crippen LogP contribution in [0.2, 0.25) is 0 Å². The van der Waals surface area contributed by atoms with E-state index in [4.69, 9.17) is 0 Å². The highest BCUT2D eigenvalue weighted by Gasteiger charge is 2.38. The van der Waals surface area contributed by atoms with Crippen LogP contribution in [0.25, 0.3) is 10.6 Å². The Morgan fingerprint density at radius 2 is 2.29 bits per heavy atom. The summed E-state index contributed by atoms with van der Waals surface area (Å²) < 4.78 is 0. The molecule has 21 heavy (non-hydrogen) atoms. The van der Waals surface area contributed by atoms with Gasteiger partial charge in [-0.1, -0.05) is 12.1 Å². The number of rotatable bonds is 3. The lowest BCUT2D eigenvalue weighted by molar-refractivity contribution is 0.0881. The average molecular weight is 297 g/mol. The molecule has 0 spiro atoms. The van der Waals surface area contributed by atoms with Crippen molar-refractivity contribution in [2.45, 2.75) is 31.7 Å². The molecule has 0 bridgehead atoms. The van der Waals surface area contributed by atoms with Crippen LogP contribution in [0.4, 0.5) is 0 Å². The van der Waals surface area contributed by atoms with Crippen molar-refractivity contribution in [2.75, 3.05) is 0 Å². The van der Waals surface area contributed by atoms with E-state index in [1.54, 1.807) is 17.4 Å². The third-order valence-corrected chi connectivity index (χ3v) is 4.77. The molecule has 4 nitrogen and oxygen atoms in total. The first kappa shape index (κ1) is 13.8. The number of benzene rings is 1. The predicted octanol–water partition coefficient (Wildman–Crippen LogP) is 3.29. The van der Waals surface area contributed by atoms with Crippen LogP contribution in [0.1, 0.15) is 35.3 Å². The van der Waals surface area contributed by atoms with Crippen molar-refractivity contribution in [3.05, 3.63) is 40.9 Å². The summed E-state index contributed by atoms with van der Waals surface area (Å²) in [4.78, 5) is 16.8. The van der Waals surface area contributed by atoms with E-state index in [9.17, 15) is 10.1 Å². The molecule has 1 aliphatic rings. The molecule has 1 aromatic heterocycles. The molecule has 0 unspecified atom stereocenters. The van der Waals surface area contributed by atoms with Gasteiger partial charge >= 0.3 is 0 Å². The van der Waals surface area contributed by atoms with Crippen molar-refractivity contribution in [3.8, 4) is 16.6 Å². The van der Waals surface area contributed by atoms with E-state index in [-0.39, 0.29) is 5.91 Å². The largest absolute Gasteiger partial charge is 0.334 e. The van der Waals surface area contributed by atoms with Crippen LogP contribution in [0.5, 0.6) is 0 Å². The molecule has 1 heterocycles. The highest BCUT2D eigenvalue weighted by Crippen LogP contribution is 2.31. The summed E-state index contributed by atoms with van der Waals surface area (Å²) in [6, 6.07) is 9.61. The van der Waals surface area contributed by atoms with E-state index in [1.165, 1.54) is 0 Å². The van der Waals surface area contributed by atoms with Gasteiger partial charge in [0.25, 0.3) is 5.91 Å². The number of nitrogens with zero attached hydrogens (tertiary/aromatic N) is 2.